The Morgan fingerprint density at radius 1 is 0.967 bits per heavy atom. The van der Waals surface area contributed by atoms with E-state index >= 15 is 0 Å². The van der Waals surface area contributed by atoms with Gasteiger partial charge < -0.3 is 19.1 Å². The van der Waals surface area contributed by atoms with Crippen LogP contribution in [0.15, 0.2) is 17.2 Å². The second kappa shape index (κ2) is 8.68. The van der Waals surface area contributed by atoms with Crippen molar-refractivity contribution in [1.29, 1.82) is 0 Å². The molecule has 2 amide bonds. The summed E-state index contributed by atoms with van der Waals surface area (Å²) in [6.07, 6.45) is 4.52. The van der Waals surface area contributed by atoms with Crippen LogP contribution in [0.25, 0.3) is 0 Å². The summed E-state index contributed by atoms with van der Waals surface area (Å²) in [6.45, 7) is 4.40. The number of hydrogen-bond donors (Lipinski definition) is 0. The van der Waals surface area contributed by atoms with Gasteiger partial charge in [0.25, 0.3) is 5.91 Å². The SMILES string of the molecule is Cn1cc(S(=O)(=O)N2CCC(C(=O)N3CCOCC3)CC2)cc1C(=O)N1CCCC1. The lowest BCUT2D eigenvalue weighted by molar-refractivity contribution is -0.140. The smallest absolute Gasteiger partial charge is 0.270 e. The van der Waals surface area contributed by atoms with Gasteiger partial charge in [-0.3, -0.25) is 9.59 Å². The van der Waals surface area contributed by atoms with Crippen LogP contribution in [0.2, 0.25) is 0 Å². The molecular weight excluding hydrogens is 408 g/mol. The minimum atomic E-state index is -3.70. The Kier molecular flexibility index (Phi) is 6.17. The van der Waals surface area contributed by atoms with Gasteiger partial charge in [-0.2, -0.15) is 4.31 Å². The molecule has 30 heavy (non-hydrogen) atoms. The fourth-order valence-corrected chi connectivity index (χ4v) is 6.05. The van der Waals surface area contributed by atoms with Crippen LogP contribution >= 0.6 is 0 Å². The Morgan fingerprint density at radius 3 is 2.23 bits per heavy atom. The van der Waals surface area contributed by atoms with Gasteiger partial charge in [0.2, 0.25) is 15.9 Å². The van der Waals surface area contributed by atoms with Crippen LogP contribution in [0.5, 0.6) is 0 Å². The van der Waals surface area contributed by atoms with Crippen LogP contribution in [0, 0.1) is 5.92 Å². The highest BCUT2D eigenvalue weighted by atomic mass is 32.2. The fourth-order valence-electron chi connectivity index (χ4n) is 4.50. The third-order valence-electron chi connectivity index (χ3n) is 6.36. The third kappa shape index (κ3) is 4.13. The molecule has 0 aromatic carbocycles. The zero-order chi connectivity index (χ0) is 21.3. The first-order valence-corrected chi connectivity index (χ1v) is 12.1. The van der Waals surface area contributed by atoms with Crippen molar-refractivity contribution in [2.45, 2.75) is 30.6 Å². The van der Waals surface area contributed by atoms with Crippen molar-refractivity contribution in [1.82, 2.24) is 18.7 Å². The molecule has 4 rings (SSSR count). The van der Waals surface area contributed by atoms with E-state index in [9.17, 15) is 18.0 Å². The molecule has 3 fully saturated rings. The summed E-state index contributed by atoms with van der Waals surface area (Å²) in [4.78, 5) is 29.1. The summed E-state index contributed by atoms with van der Waals surface area (Å²) in [7, 11) is -1.99. The summed E-state index contributed by atoms with van der Waals surface area (Å²) in [5.74, 6) is -0.155. The molecule has 3 aliphatic heterocycles. The number of nitrogens with zero attached hydrogens (tertiary/aromatic N) is 4. The number of morpholine rings is 1. The number of aromatic nitrogens is 1. The molecule has 0 saturated carbocycles. The predicted molar refractivity (Wildman–Crippen MR) is 109 cm³/mol. The average Bonchev–Trinajstić information content (AvgIpc) is 3.44. The van der Waals surface area contributed by atoms with Crippen molar-refractivity contribution in [3.63, 3.8) is 0 Å². The van der Waals surface area contributed by atoms with Crippen molar-refractivity contribution in [3.05, 3.63) is 18.0 Å². The van der Waals surface area contributed by atoms with Gasteiger partial charge in [-0.1, -0.05) is 0 Å². The number of carbonyl (C=O) groups excluding carboxylic acids is 2. The van der Waals surface area contributed by atoms with E-state index in [1.54, 1.807) is 16.5 Å². The van der Waals surface area contributed by atoms with Crippen LogP contribution in [0.3, 0.4) is 0 Å². The van der Waals surface area contributed by atoms with Gasteiger partial charge in [0.1, 0.15) is 10.6 Å². The molecule has 10 heteroatoms. The van der Waals surface area contributed by atoms with E-state index in [0.717, 1.165) is 25.9 Å². The fraction of sp³-hybridized carbons (Fsp3) is 0.700. The van der Waals surface area contributed by atoms with E-state index in [1.807, 2.05) is 4.90 Å². The minimum absolute atomic E-state index is 0.105. The molecular formula is C20H30N4O5S. The number of likely N-dealkylation sites (tertiary alicyclic amines) is 1. The number of amides is 2. The monoisotopic (exact) mass is 438 g/mol. The molecule has 0 atom stereocenters. The molecule has 0 N–H and O–H groups in total. The van der Waals surface area contributed by atoms with Gasteiger partial charge in [0, 0.05) is 58.4 Å². The zero-order valence-electron chi connectivity index (χ0n) is 17.5. The van der Waals surface area contributed by atoms with Gasteiger partial charge in [0.15, 0.2) is 0 Å². The Labute approximate surface area is 177 Å². The van der Waals surface area contributed by atoms with Crippen molar-refractivity contribution in [3.8, 4) is 0 Å². The maximum atomic E-state index is 13.2. The Balaban J connectivity index is 1.41. The highest BCUT2D eigenvalue weighted by Gasteiger charge is 2.35. The molecule has 0 unspecified atom stereocenters. The summed E-state index contributed by atoms with van der Waals surface area (Å²) in [5.41, 5.74) is 0.396. The highest BCUT2D eigenvalue weighted by molar-refractivity contribution is 7.89. The van der Waals surface area contributed by atoms with Crippen LogP contribution in [-0.4, -0.2) is 91.4 Å². The van der Waals surface area contributed by atoms with Crippen LogP contribution in [0.4, 0.5) is 0 Å². The lowest BCUT2D eigenvalue weighted by atomic mass is 9.96. The Hall–Kier alpha value is -1.91. The first kappa shape index (κ1) is 21.3. The molecule has 3 aliphatic rings. The van der Waals surface area contributed by atoms with E-state index in [0.29, 0.717) is 57.9 Å². The molecule has 166 valence electrons. The molecule has 9 nitrogen and oxygen atoms in total. The average molecular weight is 439 g/mol. The maximum absolute atomic E-state index is 13.2. The van der Waals surface area contributed by atoms with E-state index in [4.69, 9.17) is 4.74 Å². The number of aryl methyl sites for hydroxylation is 1. The Morgan fingerprint density at radius 2 is 1.60 bits per heavy atom. The second-order valence-electron chi connectivity index (χ2n) is 8.29. The Bertz CT molecular complexity index is 892. The molecule has 0 radical (unpaired) electrons. The number of ether oxygens (including phenoxy) is 1. The normalized spacial score (nSPS) is 21.9. The number of sulfonamides is 1. The summed E-state index contributed by atoms with van der Waals surface area (Å²) < 4.78 is 34.6. The van der Waals surface area contributed by atoms with Crippen molar-refractivity contribution >= 4 is 21.8 Å². The molecule has 0 bridgehead atoms. The molecule has 3 saturated heterocycles. The summed E-state index contributed by atoms with van der Waals surface area (Å²) in [6, 6.07) is 1.49. The van der Waals surface area contributed by atoms with Gasteiger partial charge in [-0.15, -0.1) is 0 Å². The van der Waals surface area contributed by atoms with Gasteiger partial charge in [-0.05, 0) is 31.7 Å². The predicted octanol–water partition coefficient (Wildman–Crippen LogP) is 0.521. The first-order valence-electron chi connectivity index (χ1n) is 10.7. The second-order valence-corrected chi connectivity index (χ2v) is 10.2. The highest BCUT2D eigenvalue weighted by Crippen LogP contribution is 2.27. The van der Waals surface area contributed by atoms with Crippen LogP contribution in [-0.2, 0) is 26.6 Å². The maximum Gasteiger partial charge on any atom is 0.270 e. The summed E-state index contributed by atoms with van der Waals surface area (Å²) in [5, 5.41) is 0. The van der Waals surface area contributed by atoms with Crippen LogP contribution in [0.1, 0.15) is 36.2 Å². The number of hydrogen-bond acceptors (Lipinski definition) is 5. The quantitative estimate of drug-likeness (QED) is 0.684. The molecule has 0 spiro atoms. The lowest BCUT2D eigenvalue weighted by Gasteiger charge is -2.34. The topological polar surface area (TPSA) is 92.2 Å². The zero-order valence-corrected chi connectivity index (χ0v) is 18.3. The van der Waals surface area contributed by atoms with E-state index < -0.39 is 10.0 Å². The molecule has 1 aromatic heterocycles. The van der Waals surface area contributed by atoms with E-state index in [-0.39, 0.29) is 22.6 Å². The molecule has 0 aliphatic carbocycles. The first-order chi connectivity index (χ1) is 14.4. The standard InChI is InChI=1S/C20H30N4O5S/c1-21-15-17(14-18(21)20(26)22-6-2-3-7-22)30(27,28)24-8-4-16(5-9-24)19(25)23-10-12-29-13-11-23/h14-16H,2-13H2,1H3. The number of piperidine rings is 1. The van der Waals surface area contributed by atoms with Crippen molar-refractivity contribution in [2.24, 2.45) is 13.0 Å². The molecule has 4 heterocycles. The van der Waals surface area contributed by atoms with Crippen molar-refractivity contribution in [2.75, 3.05) is 52.5 Å². The number of rotatable bonds is 4. The van der Waals surface area contributed by atoms with Crippen molar-refractivity contribution < 1.29 is 22.7 Å². The van der Waals surface area contributed by atoms with Crippen LogP contribution < -0.4 is 0 Å². The summed E-state index contributed by atoms with van der Waals surface area (Å²) >= 11 is 0. The van der Waals surface area contributed by atoms with E-state index in [2.05, 4.69) is 0 Å². The largest absolute Gasteiger partial charge is 0.378 e. The van der Waals surface area contributed by atoms with Gasteiger partial charge in [0.05, 0.1) is 13.2 Å². The number of carbonyl (C=O) groups is 2. The molecule has 1 aromatic rings. The van der Waals surface area contributed by atoms with E-state index in [1.165, 1.54) is 16.6 Å². The third-order valence-corrected chi connectivity index (χ3v) is 8.22. The van der Waals surface area contributed by atoms with Gasteiger partial charge in [-0.25, -0.2) is 8.42 Å². The minimum Gasteiger partial charge on any atom is -0.378 e. The van der Waals surface area contributed by atoms with Gasteiger partial charge >= 0.3 is 0 Å². The lowest BCUT2D eigenvalue weighted by Crippen LogP contribution is -2.47.